The highest BCUT2D eigenvalue weighted by atomic mass is 32.1. The lowest BCUT2D eigenvalue weighted by Gasteiger charge is -2.26. The Bertz CT molecular complexity index is 695. The van der Waals surface area contributed by atoms with Crippen LogP contribution < -0.4 is 5.32 Å². The lowest BCUT2D eigenvalue weighted by Crippen LogP contribution is -2.33. The van der Waals surface area contributed by atoms with Gasteiger partial charge in [-0.25, -0.2) is 0 Å². The summed E-state index contributed by atoms with van der Waals surface area (Å²) in [6.07, 6.45) is 3.15. The molecule has 1 aromatic carbocycles. The molecule has 1 aliphatic rings. The summed E-state index contributed by atoms with van der Waals surface area (Å²) in [4.78, 5) is 18.3. The standard InChI is InChI=1S/C18H20N2O2S/c1-13(17-10-5-11-23-17)20-22-12-18(21)19-16-9-4-7-14-6-2-3-8-15(14)16/h2-3,5-6,8,10-11,16H,4,7,9,12H2,1H3,(H,19,21). The van der Waals surface area contributed by atoms with E-state index in [-0.39, 0.29) is 18.6 Å². The monoisotopic (exact) mass is 328 g/mol. The van der Waals surface area contributed by atoms with Crippen molar-refractivity contribution in [2.24, 2.45) is 5.16 Å². The van der Waals surface area contributed by atoms with Crippen LogP contribution in [0.3, 0.4) is 0 Å². The molecule has 0 aliphatic heterocycles. The van der Waals surface area contributed by atoms with Gasteiger partial charge in [-0.05, 0) is 48.8 Å². The van der Waals surface area contributed by atoms with Gasteiger partial charge in [0, 0.05) is 0 Å². The summed E-state index contributed by atoms with van der Waals surface area (Å²) in [6.45, 7) is 1.82. The van der Waals surface area contributed by atoms with Crippen molar-refractivity contribution in [3.63, 3.8) is 0 Å². The Balaban J connectivity index is 1.53. The van der Waals surface area contributed by atoms with Gasteiger partial charge in [0.1, 0.15) is 0 Å². The molecular weight excluding hydrogens is 308 g/mol. The van der Waals surface area contributed by atoms with Gasteiger partial charge in [0.25, 0.3) is 5.91 Å². The molecule has 0 saturated heterocycles. The third kappa shape index (κ3) is 3.99. The number of nitrogens with one attached hydrogen (secondary N) is 1. The Morgan fingerprint density at radius 2 is 2.22 bits per heavy atom. The van der Waals surface area contributed by atoms with E-state index in [9.17, 15) is 4.79 Å². The molecular formula is C18H20N2O2S. The summed E-state index contributed by atoms with van der Waals surface area (Å²) in [6, 6.07) is 12.3. The molecule has 1 atom stereocenters. The number of nitrogens with zero attached hydrogens (tertiary/aromatic N) is 1. The van der Waals surface area contributed by atoms with E-state index < -0.39 is 0 Å². The largest absolute Gasteiger partial charge is 0.385 e. The molecule has 1 aliphatic carbocycles. The third-order valence-corrected chi connectivity index (χ3v) is 4.96. The number of hydrogen-bond donors (Lipinski definition) is 1. The summed E-state index contributed by atoms with van der Waals surface area (Å²) in [5, 5.41) is 9.05. The number of carbonyl (C=O) groups excluding carboxylic acids is 1. The quantitative estimate of drug-likeness (QED) is 0.672. The fourth-order valence-electron chi connectivity index (χ4n) is 2.86. The minimum Gasteiger partial charge on any atom is -0.385 e. The van der Waals surface area contributed by atoms with Crippen molar-refractivity contribution >= 4 is 23.0 Å². The summed E-state index contributed by atoms with van der Waals surface area (Å²) < 4.78 is 0. The Morgan fingerprint density at radius 1 is 1.35 bits per heavy atom. The maximum absolute atomic E-state index is 12.1. The van der Waals surface area contributed by atoms with Gasteiger partial charge in [-0.1, -0.05) is 35.5 Å². The van der Waals surface area contributed by atoms with Crippen LogP contribution in [0.4, 0.5) is 0 Å². The van der Waals surface area contributed by atoms with Crippen LogP contribution in [0.5, 0.6) is 0 Å². The van der Waals surface area contributed by atoms with Gasteiger partial charge in [-0.2, -0.15) is 0 Å². The summed E-state index contributed by atoms with van der Waals surface area (Å²) >= 11 is 1.60. The van der Waals surface area contributed by atoms with Crippen LogP contribution in [-0.4, -0.2) is 18.2 Å². The van der Waals surface area contributed by atoms with Crippen molar-refractivity contribution in [2.75, 3.05) is 6.61 Å². The van der Waals surface area contributed by atoms with Gasteiger partial charge in [-0.15, -0.1) is 11.3 Å². The van der Waals surface area contributed by atoms with Crippen molar-refractivity contribution in [1.82, 2.24) is 5.32 Å². The fourth-order valence-corrected chi connectivity index (χ4v) is 3.53. The van der Waals surface area contributed by atoms with E-state index >= 15 is 0 Å². The van der Waals surface area contributed by atoms with E-state index in [1.54, 1.807) is 11.3 Å². The summed E-state index contributed by atoms with van der Waals surface area (Å²) in [5.74, 6) is -0.130. The SMILES string of the molecule is CC(=NOCC(=O)NC1CCCc2ccccc21)c1cccs1. The molecule has 1 N–H and O–H groups in total. The number of rotatable bonds is 5. The van der Waals surface area contributed by atoms with Crippen LogP contribution in [0, 0.1) is 0 Å². The Hall–Kier alpha value is -2.14. The predicted molar refractivity (Wildman–Crippen MR) is 92.7 cm³/mol. The first-order valence-electron chi connectivity index (χ1n) is 7.81. The van der Waals surface area contributed by atoms with E-state index in [1.807, 2.05) is 36.6 Å². The Labute approximate surface area is 140 Å². The zero-order valence-electron chi connectivity index (χ0n) is 13.1. The highest BCUT2D eigenvalue weighted by Gasteiger charge is 2.21. The van der Waals surface area contributed by atoms with Crippen LogP contribution in [0.2, 0.25) is 0 Å². The maximum atomic E-state index is 12.1. The van der Waals surface area contributed by atoms with Crippen molar-refractivity contribution in [3.8, 4) is 0 Å². The molecule has 0 spiro atoms. The van der Waals surface area contributed by atoms with Crippen LogP contribution in [0.15, 0.2) is 46.9 Å². The smallest absolute Gasteiger partial charge is 0.261 e. The lowest BCUT2D eigenvalue weighted by atomic mass is 9.88. The minimum absolute atomic E-state index is 0.0542. The first-order chi connectivity index (χ1) is 11.2. The van der Waals surface area contributed by atoms with Crippen LogP contribution >= 0.6 is 11.3 Å². The molecule has 1 heterocycles. The fraction of sp³-hybridized carbons (Fsp3) is 0.333. The molecule has 2 aromatic rings. The van der Waals surface area contributed by atoms with Gasteiger partial charge < -0.3 is 10.2 Å². The molecule has 1 amide bonds. The van der Waals surface area contributed by atoms with E-state index in [0.717, 1.165) is 29.9 Å². The van der Waals surface area contributed by atoms with Crippen molar-refractivity contribution in [1.29, 1.82) is 0 Å². The zero-order valence-corrected chi connectivity index (χ0v) is 13.9. The number of hydrogen-bond acceptors (Lipinski definition) is 4. The molecule has 1 unspecified atom stereocenters. The second-order valence-corrected chi connectivity index (χ2v) is 6.59. The van der Waals surface area contributed by atoms with E-state index in [4.69, 9.17) is 4.84 Å². The minimum atomic E-state index is -0.130. The molecule has 0 saturated carbocycles. The van der Waals surface area contributed by atoms with E-state index in [0.29, 0.717) is 0 Å². The molecule has 1 aromatic heterocycles. The highest BCUT2D eigenvalue weighted by molar-refractivity contribution is 7.12. The molecule has 120 valence electrons. The van der Waals surface area contributed by atoms with E-state index in [1.165, 1.54) is 11.1 Å². The Morgan fingerprint density at radius 3 is 3.04 bits per heavy atom. The Kier molecular flexibility index (Phi) is 5.08. The number of thiophene rings is 1. The van der Waals surface area contributed by atoms with Gasteiger partial charge in [0.2, 0.25) is 0 Å². The second kappa shape index (κ2) is 7.42. The first-order valence-corrected chi connectivity index (χ1v) is 8.69. The van der Waals surface area contributed by atoms with Crippen LogP contribution in [0.25, 0.3) is 0 Å². The van der Waals surface area contributed by atoms with Gasteiger partial charge in [0.05, 0.1) is 16.6 Å². The second-order valence-electron chi connectivity index (χ2n) is 5.64. The van der Waals surface area contributed by atoms with Crippen molar-refractivity contribution in [3.05, 3.63) is 57.8 Å². The number of fused-ring (bicyclic) bond motifs is 1. The predicted octanol–water partition coefficient (Wildman–Crippen LogP) is 3.68. The summed E-state index contributed by atoms with van der Waals surface area (Å²) in [7, 11) is 0. The molecule has 3 rings (SSSR count). The normalized spacial score (nSPS) is 17.4. The number of carbonyl (C=O) groups is 1. The van der Waals surface area contributed by atoms with Crippen molar-refractivity contribution < 1.29 is 9.63 Å². The molecule has 5 heteroatoms. The number of aryl methyl sites for hydroxylation is 1. The zero-order chi connectivity index (χ0) is 16.1. The number of amides is 1. The molecule has 0 fully saturated rings. The maximum Gasteiger partial charge on any atom is 0.261 e. The van der Waals surface area contributed by atoms with Crippen LogP contribution in [0.1, 0.15) is 41.8 Å². The molecule has 0 radical (unpaired) electrons. The average molecular weight is 328 g/mol. The summed E-state index contributed by atoms with van der Waals surface area (Å²) in [5.41, 5.74) is 3.35. The lowest BCUT2D eigenvalue weighted by molar-refractivity contribution is -0.126. The van der Waals surface area contributed by atoms with Gasteiger partial charge in [0.15, 0.2) is 6.61 Å². The van der Waals surface area contributed by atoms with E-state index in [2.05, 4.69) is 22.6 Å². The van der Waals surface area contributed by atoms with Gasteiger partial charge >= 0.3 is 0 Å². The number of oxime groups is 1. The van der Waals surface area contributed by atoms with Gasteiger partial charge in [-0.3, -0.25) is 4.79 Å². The highest BCUT2D eigenvalue weighted by Crippen LogP contribution is 2.29. The molecule has 23 heavy (non-hydrogen) atoms. The number of benzene rings is 1. The molecule has 4 nitrogen and oxygen atoms in total. The topological polar surface area (TPSA) is 50.7 Å². The average Bonchev–Trinajstić information content (AvgIpc) is 3.10. The van der Waals surface area contributed by atoms with Crippen LogP contribution in [-0.2, 0) is 16.1 Å². The third-order valence-electron chi connectivity index (χ3n) is 3.98. The van der Waals surface area contributed by atoms with Crippen molar-refractivity contribution in [2.45, 2.75) is 32.2 Å². The first kappa shape index (κ1) is 15.7. The molecule has 0 bridgehead atoms.